The fraction of sp³-hybridized carbons (Fsp3) is 0.222. The molecule has 0 aliphatic heterocycles. The third kappa shape index (κ3) is 3.03. The van der Waals surface area contributed by atoms with Crippen LogP contribution in [0.4, 0.5) is 5.69 Å². The Kier molecular flexibility index (Phi) is 4.11. The van der Waals surface area contributed by atoms with Gasteiger partial charge in [0, 0.05) is 11.8 Å². The summed E-state index contributed by atoms with van der Waals surface area (Å²) in [6.45, 7) is 5.31. The predicted molar refractivity (Wildman–Crippen MR) is 90.6 cm³/mol. The van der Waals surface area contributed by atoms with Crippen molar-refractivity contribution >= 4 is 33.0 Å². The van der Waals surface area contributed by atoms with E-state index in [2.05, 4.69) is 42.7 Å². The van der Waals surface area contributed by atoms with E-state index < -0.39 is 0 Å². The molecule has 0 aliphatic rings. The molecule has 1 heterocycles. The number of thiazole rings is 1. The molecule has 0 unspecified atom stereocenters. The van der Waals surface area contributed by atoms with Crippen LogP contribution in [0.15, 0.2) is 59.6 Å². The minimum atomic E-state index is 0.905. The fourth-order valence-corrected chi connectivity index (χ4v) is 3.84. The molecule has 3 aromatic rings. The first-order chi connectivity index (χ1) is 10.3. The molecule has 21 heavy (non-hydrogen) atoms. The monoisotopic (exact) mass is 295 g/mol. The van der Waals surface area contributed by atoms with Crippen molar-refractivity contribution in [2.45, 2.75) is 26.8 Å². The van der Waals surface area contributed by atoms with Gasteiger partial charge in [-0.25, -0.2) is 0 Å². The number of benzene rings is 2. The number of rotatable bonds is 4. The van der Waals surface area contributed by atoms with Gasteiger partial charge < -0.3 is 0 Å². The zero-order valence-corrected chi connectivity index (χ0v) is 13.2. The van der Waals surface area contributed by atoms with Gasteiger partial charge in [-0.2, -0.15) is 4.57 Å². The summed E-state index contributed by atoms with van der Waals surface area (Å²) in [4.78, 5) is 4.71. The van der Waals surface area contributed by atoms with E-state index in [9.17, 15) is 0 Å². The van der Waals surface area contributed by atoms with Crippen molar-refractivity contribution in [3.05, 3.63) is 59.6 Å². The molecule has 0 N–H and O–H groups in total. The van der Waals surface area contributed by atoms with E-state index in [1.54, 1.807) is 0 Å². The van der Waals surface area contributed by atoms with Crippen molar-refractivity contribution in [1.29, 1.82) is 0 Å². The van der Waals surface area contributed by atoms with Crippen LogP contribution in [0.1, 0.15) is 18.9 Å². The van der Waals surface area contributed by atoms with Crippen molar-refractivity contribution in [3.63, 3.8) is 0 Å². The van der Waals surface area contributed by atoms with Crippen molar-refractivity contribution in [2.75, 3.05) is 0 Å². The van der Waals surface area contributed by atoms with Crippen molar-refractivity contribution in [1.82, 2.24) is 0 Å². The topological polar surface area (TPSA) is 16.2 Å². The standard InChI is InChI=1S/C18H19N2S/c1-3-20-16-11-7-8-12-17(16)21-18(20)13-14(2)19-15-9-5-4-6-10-15/h4-12H,3,13H2,1-2H3/q+1. The minimum Gasteiger partial charge on any atom is -0.258 e. The summed E-state index contributed by atoms with van der Waals surface area (Å²) in [6.07, 6.45) is 0.905. The van der Waals surface area contributed by atoms with Gasteiger partial charge in [0.2, 0.25) is 10.5 Å². The van der Waals surface area contributed by atoms with Crippen molar-refractivity contribution < 1.29 is 4.57 Å². The lowest BCUT2D eigenvalue weighted by molar-refractivity contribution is -0.670. The maximum Gasteiger partial charge on any atom is 0.244 e. The second kappa shape index (κ2) is 6.19. The highest BCUT2D eigenvalue weighted by atomic mass is 32.1. The zero-order chi connectivity index (χ0) is 14.7. The van der Waals surface area contributed by atoms with E-state index in [1.165, 1.54) is 15.2 Å². The Morgan fingerprint density at radius 2 is 1.76 bits per heavy atom. The average molecular weight is 295 g/mol. The Morgan fingerprint density at radius 1 is 1.05 bits per heavy atom. The number of nitrogens with zero attached hydrogens (tertiary/aromatic N) is 2. The van der Waals surface area contributed by atoms with E-state index in [0.717, 1.165) is 24.4 Å². The summed E-state index contributed by atoms with van der Waals surface area (Å²) in [7, 11) is 0. The number of hydrogen-bond donors (Lipinski definition) is 0. The van der Waals surface area contributed by atoms with Crippen LogP contribution in [0.5, 0.6) is 0 Å². The van der Waals surface area contributed by atoms with Crippen LogP contribution in [-0.2, 0) is 13.0 Å². The molecule has 1 aromatic heterocycles. The van der Waals surface area contributed by atoms with Gasteiger partial charge in [-0.3, -0.25) is 4.99 Å². The molecule has 2 aromatic carbocycles. The molecule has 106 valence electrons. The Hall–Kier alpha value is -2.00. The lowest BCUT2D eigenvalue weighted by atomic mass is 10.2. The van der Waals surface area contributed by atoms with Crippen LogP contribution in [-0.4, -0.2) is 5.71 Å². The molecular formula is C18H19N2S+. The van der Waals surface area contributed by atoms with Crippen LogP contribution < -0.4 is 4.57 Å². The molecular weight excluding hydrogens is 276 g/mol. The van der Waals surface area contributed by atoms with Crippen LogP contribution in [0.25, 0.3) is 10.2 Å². The second-order valence-electron chi connectivity index (χ2n) is 5.07. The largest absolute Gasteiger partial charge is 0.258 e. The summed E-state index contributed by atoms with van der Waals surface area (Å²) in [5, 5.41) is 1.37. The van der Waals surface area contributed by atoms with Gasteiger partial charge >= 0.3 is 0 Å². The molecule has 0 atom stereocenters. The van der Waals surface area contributed by atoms with Gasteiger partial charge in [0.05, 0.1) is 12.1 Å². The number of para-hydroxylation sites is 2. The van der Waals surface area contributed by atoms with Crippen LogP contribution in [0, 0.1) is 0 Å². The first kappa shape index (κ1) is 14.0. The summed E-state index contributed by atoms with van der Waals surface area (Å²) in [6, 6.07) is 18.8. The van der Waals surface area contributed by atoms with Gasteiger partial charge in [-0.1, -0.05) is 41.7 Å². The lowest BCUT2D eigenvalue weighted by Gasteiger charge is -1.98. The zero-order valence-electron chi connectivity index (χ0n) is 12.4. The molecule has 0 spiro atoms. The number of aryl methyl sites for hydroxylation is 1. The molecule has 0 saturated heterocycles. The molecule has 0 bridgehead atoms. The van der Waals surface area contributed by atoms with Crippen molar-refractivity contribution in [3.8, 4) is 0 Å². The smallest absolute Gasteiger partial charge is 0.244 e. The number of aromatic nitrogens is 1. The molecule has 0 radical (unpaired) electrons. The SMILES string of the molecule is CC[n+]1c(CC(C)=Nc2ccccc2)sc2ccccc21. The molecule has 0 amide bonds. The molecule has 0 fully saturated rings. The van der Waals surface area contributed by atoms with Crippen LogP contribution in [0.2, 0.25) is 0 Å². The molecule has 2 nitrogen and oxygen atoms in total. The van der Waals surface area contributed by atoms with E-state index in [-0.39, 0.29) is 0 Å². The van der Waals surface area contributed by atoms with Crippen LogP contribution >= 0.6 is 11.3 Å². The third-order valence-corrected chi connectivity index (χ3v) is 4.65. The molecule has 3 heteroatoms. The van der Waals surface area contributed by atoms with Gasteiger partial charge in [0.15, 0.2) is 0 Å². The Bertz CT molecular complexity index is 772. The maximum absolute atomic E-state index is 4.71. The van der Waals surface area contributed by atoms with E-state index in [4.69, 9.17) is 4.99 Å². The van der Waals surface area contributed by atoms with Gasteiger partial charge in [-0.15, -0.1) is 0 Å². The lowest BCUT2D eigenvalue weighted by Crippen LogP contribution is -2.35. The second-order valence-corrected chi connectivity index (χ2v) is 6.18. The van der Waals surface area contributed by atoms with E-state index >= 15 is 0 Å². The Balaban J connectivity index is 1.93. The molecule has 0 saturated carbocycles. The fourth-order valence-electron chi connectivity index (χ4n) is 2.54. The maximum atomic E-state index is 4.71. The third-order valence-electron chi connectivity index (χ3n) is 3.48. The van der Waals surface area contributed by atoms with E-state index in [1.807, 2.05) is 41.7 Å². The molecule has 0 aliphatic carbocycles. The molecule has 3 rings (SSSR count). The quantitative estimate of drug-likeness (QED) is 0.496. The summed E-state index contributed by atoms with van der Waals surface area (Å²) in [5.74, 6) is 0. The van der Waals surface area contributed by atoms with Crippen LogP contribution in [0.3, 0.4) is 0 Å². The summed E-state index contributed by atoms with van der Waals surface area (Å²) in [5.41, 5.74) is 3.50. The van der Waals surface area contributed by atoms with Gasteiger partial charge in [-0.05, 0) is 32.0 Å². The number of hydrogen-bond acceptors (Lipinski definition) is 2. The highest BCUT2D eigenvalue weighted by Crippen LogP contribution is 2.21. The summed E-state index contributed by atoms with van der Waals surface area (Å²) < 4.78 is 3.74. The normalized spacial score (nSPS) is 12.0. The average Bonchev–Trinajstić information content (AvgIpc) is 2.85. The number of fused-ring (bicyclic) bond motifs is 1. The number of aliphatic imine (C=N–C) groups is 1. The van der Waals surface area contributed by atoms with Gasteiger partial charge in [0.1, 0.15) is 11.2 Å². The Labute approximate surface area is 129 Å². The highest BCUT2D eigenvalue weighted by Gasteiger charge is 2.18. The summed E-state index contributed by atoms with van der Waals surface area (Å²) >= 11 is 1.87. The Morgan fingerprint density at radius 3 is 2.52 bits per heavy atom. The predicted octanol–water partition coefficient (Wildman–Crippen LogP) is 4.54. The van der Waals surface area contributed by atoms with Gasteiger partial charge in [0.25, 0.3) is 0 Å². The first-order valence-electron chi connectivity index (χ1n) is 7.27. The van der Waals surface area contributed by atoms with Crippen molar-refractivity contribution in [2.24, 2.45) is 4.99 Å². The van der Waals surface area contributed by atoms with E-state index in [0.29, 0.717) is 0 Å². The minimum absolute atomic E-state index is 0.905. The first-order valence-corrected chi connectivity index (χ1v) is 8.09. The highest BCUT2D eigenvalue weighted by molar-refractivity contribution is 7.18.